The summed E-state index contributed by atoms with van der Waals surface area (Å²) >= 11 is 0. The molecule has 1 aliphatic rings. The van der Waals surface area contributed by atoms with Crippen LogP contribution in [0, 0.1) is 0 Å². The van der Waals surface area contributed by atoms with E-state index in [-0.39, 0.29) is 24.8 Å². The SMILES string of the molecule is COC1CC(CC(=O)O)N(C(=O)c2cc3cc(C(F)(F)F)ccc3n2C)C1. The van der Waals surface area contributed by atoms with Crippen LogP contribution in [-0.4, -0.2) is 52.3 Å². The Bertz CT molecular complexity index is 891. The second-order valence-corrected chi connectivity index (χ2v) is 6.66. The lowest BCUT2D eigenvalue weighted by molar-refractivity contribution is -0.138. The van der Waals surface area contributed by atoms with Gasteiger partial charge < -0.3 is 19.3 Å². The zero-order valence-electron chi connectivity index (χ0n) is 14.8. The Morgan fingerprint density at radius 2 is 2.00 bits per heavy atom. The van der Waals surface area contributed by atoms with E-state index >= 15 is 0 Å². The highest BCUT2D eigenvalue weighted by Crippen LogP contribution is 2.33. The number of alkyl halides is 3. The van der Waals surface area contributed by atoms with Gasteiger partial charge in [0.05, 0.1) is 18.1 Å². The van der Waals surface area contributed by atoms with Crippen molar-refractivity contribution in [2.75, 3.05) is 13.7 Å². The lowest BCUT2D eigenvalue weighted by atomic mass is 10.1. The number of benzene rings is 1. The van der Waals surface area contributed by atoms with E-state index in [1.807, 2.05) is 0 Å². The molecule has 2 aromatic rings. The van der Waals surface area contributed by atoms with E-state index in [0.717, 1.165) is 12.1 Å². The van der Waals surface area contributed by atoms with Gasteiger partial charge in [0.1, 0.15) is 5.69 Å². The van der Waals surface area contributed by atoms with Crippen LogP contribution in [0.2, 0.25) is 0 Å². The first kappa shape index (κ1) is 19.2. The topological polar surface area (TPSA) is 71.8 Å². The molecule has 2 atom stereocenters. The van der Waals surface area contributed by atoms with Gasteiger partial charge in [-0.25, -0.2) is 0 Å². The number of aliphatic carboxylic acids is 1. The van der Waals surface area contributed by atoms with Crippen molar-refractivity contribution in [2.24, 2.45) is 7.05 Å². The molecule has 2 heterocycles. The van der Waals surface area contributed by atoms with Gasteiger partial charge in [0.25, 0.3) is 5.91 Å². The molecule has 3 rings (SSSR count). The summed E-state index contributed by atoms with van der Waals surface area (Å²) in [5.74, 6) is -1.45. The number of hydrogen-bond acceptors (Lipinski definition) is 3. The van der Waals surface area contributed by atoms with E-state index in [0.29, 0.717) is 17.3 Å². The molecule has 2 unspecified atom stereocenters. The fourth-order valence-electron chi connectivity index (χ4n) is 3.57. The summed E-state index contributed by atoms with van der Waals surface area (Å²) in [7, 11) is 3.09. The molecule has 0 spiro atoms. The van der Waals surface area contributed by atoms with Crippen LogP contribution in [-0.2, 0) is 22.8 Å². The summed E-state index contributed by atoms with van der Waals surface area (Å²) in [6.45, 7) is 0.239. The molecule has 1 aliphatic heterocycles. The zero-order valence-corrected chi connectivity index (χ0v) is 14.8. The number of carboxylic acid groups (broad SMARTS) is 1. The van der Waals surface area contributed by atoms with Crippen molar-refractivity contribution >= 4 is 22.8 Å². The van der Waals surface area contributed by atoms with Gasteiger partial charge in [-0.05, 0) is 30.7 Å². The fourth-order valence-corrected chi connectivity index (χ4v) is 3.57. The standard InChI is InChI=1S/C18H19F3N2O4/c1-22-14-4-3-11(18(19,20)21)5-10(14)6-15(22)17(26)23-9-13(27-2)7-12(23)8-16(24)25/h3-6,12-13H,7-9H2,1-2H3,(H,24,25). The average molecular weight is 384 g/mol. The van der Waals surface area contributed by atoms with Crippen LogP contribution < -0.4 is 0 Å². The Morgan fingerprint density at radius 3 is 2.59 bits per heavy atom. The van der Waals surface area contributed by atoms with Crippen LogP contribution in [0.15, 0.2) is 24.3 Å². The number of nitrogens with zero attached hydrogens (tertiary/aromatic N) is 2. The van der Waals surface area contributed by atoms with E-state index in [4.69, 9.17) is 9.84 Å². The predicted molar refractivity (Wildman–Crippen MR) is 90.4 cm³/mol. The zero-order chi connectivity index (χ0) is 19.9. The van der Waals surface area contributed by atoms with Gasteiger partial charge in [-0.15, -0.1) is 0 Å². The maximum atomic E-state index is 13.0. The smallest absolute Gasteiger partial charge is 0.416 e. The molecule has 1 saturated heterocycles. The van der Waals surface area contributed by atoms with Gasteiger partial charge >= 0.3 is 12.1 Å². The molecule has 0 radical (unpaired) electrons. The number of methoxy groups -OCH3 is 1. The number of aryl methyl sites for hydroxylation is 1. The molecule has 0 saturated carbocycles. The number of carbonyl (C=O) groups is 2. The molecule has 1 aromatic heterocycles. The van der Waals surface area contributed by atoms with Crippen LogP contribution >= 0.6 is 0 Å². The first-order valence-electron chi connectivity index (χ1n) is 8.34. The molecule has 146 valence electrons. The van der Waals surface area contributed by atoms with Gasteiger partial charge in [-0.2, -0.15) is 13.2 Å². The summed E-state index contributed by atoms with van der Waals surface area (Å²) in [5.41, 5.74) is -0.0935. The number of rotatable bonds is 4. The normalized spacial score (nSPS) is 20.4. The maximum Gasteiger partial charge on any atom is 0.416 e. The van der Waals surface area contributed by atoms with Gasteiger partial charge in [0.2, 0.25) is 0 Å². The fraction of sp³-hybridized carbons (Fsp3) is 0.444. The van der Waals surface area contributed by atoms with Crippen molar-refractivity contribution in [3.05, 3.63) is 35.5 Å². The first-order chi connectivity index (χ1) is 12.6. The summed E-state index contributed by atoms with van der Waals surface area (Å²) in [6, 6.07) is 4.18. The number of halogens is 3. The molecule has 1 fully saturated rings. The van der Waals surface area contributed by atoms with Crippen LogP contribution in [0.25, 0.3) is 10.9 Å². The molecule has 1 aromatic carbocycles. The molecule has 0 bridgehead atoms. The molecule has 1 amide bonds. The summed E-state index contributed by atoms with van der Waals surface area (Å²) < 4.78 is 45.6. The van der Waals surface area contributed by atoms with Crippen molar-refractivity contribution < 1.29 is 32.6 Å². The van der Waals surface area contributed by atoms with Crippen molar-refractivity contribution in [3.63, 3.8) is 0 Å². The monoisotopic (exact) mass is 384 g/mol. The number of aromatic nitrogens is 1. The summed E-state index contributed by atoms with van der Waals surface area (Å²) in [6.07, 6.45) is -4.56. The third-order valence-corrected chi connectivity index (χ3v) is 4.97. The Kier molecular flexibility index (Phi) is 4.90. The number of likely N-dealkylation sites (tertiary alicyclic amines) is 1. The molecule has 0 aliphatic carbocycles. The van der Waals surface area contributed by atoms with Crippen molar-refractivity contribution in [1.82, 2.24) is 9.47 Å². The molecule has 9 heteroatoms. The Balaban J connectivity index is 1.97. The summed E-state index contributed by atoms with van der Waals surface area (Å²) in [5, 5.41) is 9.39. The molecule has 6 nitrogen and oxygen atoms in total. The maximum absolute atomic E-state index is 13.0. The van der Waals surface area contributed by atoms with E-state index in [2.05, 4.69) is 0 Å². The number of hydrogen-bond donors (Lipinski definition) is 1. The third kappa shape index (κ3) is 3.64. The van der Waals surface area contributed by atoms with Gasteiger partial charge in [0.15, 0.2) is 0 Å². The van der Waals surface area contributed by atoms with Crippen molar-refractivity contribution in [3.8, 4) is 0 Å². The summed E-state index contributed by atoms with van der Waals surface area (Å²) in [4.78, 5) is 25.5. The minimum Gasteiger partial charge on any atom is -0.481 e. The largest absolute Gasteiger partial charge is 0.481 e. The number of amides is 1. The Labute approximate surface area is 153 Å². The highest BCUT2D eigenvalue weighted by molar-refractivity contribution is 5.99. The number of carboxylic acids is 1. The minimum absolute atomic E-state index is 0.205. The van der Waals surface area contributed by atoms with E-state index in [1.54, 1.807) is 7.05 Å². The van der Waals surface area contributed by atoms with Crippen LogP contribution in [0.4, 0.5) is 13.2 Å². The lowest BCUT2D eigenvalue weighted by Gasteiger charge is -2.23. The predicted octanol–water partition coefficient (Wildman–Crippen LogP) is 2.90. The van der Waals surface area contributed by atoms with E-state index in [9.17, 15) is 22.8 Å². The Hall–Kier alpha value is -2.55. The molecule has 27 heavy (non-hydrogen) atoms. The van der Waals surface area contributed by atoms with Gasteiger partial charge in [0, 0.05) is 37.6 Å². The molecular weight excluding hydrogens is 365 g/mol. The third-order valence-electron chi connectivity index (χ3n) is 4.97. The van der Waals surface area contributed by atoms with Crippen LogP contribution in [0.3, 0.4) is 0 Å². The second-order valence-electron chi connectivity index (χ2n) is 6.66. The van der Waals surface area contributed by atoms with E-state index < -0.39 is 29.7 Å². The number of ether oxygens (including phenoxy) is 1. The number of fused-ring (bicyclic) bond motifs is 1. The van der Waals surface area contributed by atoms with Crippen LogP contribution in [0.5, 0.6) is 0 Å². The number of carbonyl (C=O) groups excluding carboxylic acids is 1. The van der Waals surface area contributed by atoms with E-state index in [1.165, 1.54) is 28.7 Å². The average Bonchev–Trinajstić information content (AvgIpc) is 3.14. The minimum atomic E-state index is -4.47. The highest BCUT2D eigenvalue weighted by Gasteiger charge is 2.38. The Morgan fingerprint density at radius 1 is 1.30 bits per heavy atom. The highest BCUT2D eigenvalue weighted by atomic mass is 19.4. The van der Waals surface area contributed by atoms with Crippen LogP contribution in [0.1, 0.15) is 28.9 Å². The lowest BCUT2D eigenvalue weighted by Crippen LogP contribution is -2.38. The quantitative estimate of drug-likeness (QED) is 0.880. The second kappa shape index (κ2) is 6.88. The van der Waals surface area contributed by atoms with Gasteiger partial charge in [-0.3, -0.25) is 9.59 Å². The van der Waals surface area contributed by atoms with Gasteiger partial charge in [-0.1, -0.05) is 0 Å². The first-order valence-corrected chi connectivity index (χ1v) is 8.34. The molecule has 1 N–H and O–H groups in total. The van der Waals surface area contributed by atoms with Crippen molar-refractivity contribution in [2.45, 2.75) is 31.2 Å². The molecular formula is C18H19F3N2O4. The van der Waals surface area contributed by atoms with Crippen molar-refractivity contribution in [1.29, 1.82) is 0 Å².